The molecule has 0 saturated carbocycles. The Morgan fingerprint density at radius 2 is 2.12 bits per heavy atom. The Morgan fingerprint density at radius 1 is 1.31 bits per heavy atom. The van der Waals surface area contributed by atoms with Crippen LogP contribution in [0.2, 0.25) is 0 Å². The highest BCUT2D eigenvalue weighted by molar-refractivity contribution is 7.13. The van der Waals surface area contributed by atoms with E-state index in [9.17, 15) is 4.79 Å². The lowest BCUT2D eigenvalue weighted by Gasteiger charge is -2.34. The summed E-state index contributed by atoms with van der Waals surface area (Å²) in [5.41, 5.74) is 1.57. The molecule has 3 aromatic rings. The number of hydrogen-bond acceptors (Lipinski definition) is 7. The van der Waals surface area contributed by atoms with E-state index in [1.807, 2.05) is 36.4 Å². The number of nitrogens with zero attached hydrogens (tertiary/aromatic N) is 6. The molecule has 0 aliphatic carbocycles. The summed E-state index contributed by atoms with van der Waals surface area (Å²) < 4.78 is 7.06. The Hall–Kier alpha value is -2.52. The molecule has 0 radical (unpaired) electrons. The van der Waals surface area contributed by atoms with Crippen LogP contribution in [-0.4, -0.2) is 61.8 Å². The molecule has 26 heavy (non-hydrogen) atoms. The zero-order valence-corrected chi connectivity index (χ0v) is 15.6. The fourth-order valence-electron chi connectivity index (χ4n) is 3.01. The Balaban J connectivity index is 1.34. The van der Waals surface area contributed by atoms with E-state index in [0.717, 1.165) is 23.7 Å². The summed E-state index contributed by atoms with van der Waals surface area (Å²) in [6, 6.07) is 3.93. The molecule has 1 saturated heterocycles. The molecule has 9 heteroatoms. The molecule has 4 heterocycles. The van der Waals surface area contributed by atoms with Crippen molar-refractivity contribution in [1.82, 2.24) is 29.7 Å². The first kappa shape index (κ1) is 16.9. The zero-order valence-electron chi connectivity index (χ0n) is 14.8. The lowest BCUT2D eigenvalue weighted by molar-refractivity contribution is 0.0623. The highest BCUT2D eigenvalue weighted by Crippen LogP contribution is 2.23. The molecule has 0 atom stereocenters. The molecule has 1 aliphatic heterocycles. The number of carbonyl (C=O) groups is 1. The highest BCUT2D eigenvalue weighted by Gasteiger charge is 2.25. The van der Waals surface area contributed by atoms with E-state index in [4.69, 9.17) is 4.52 Å². The van der Waals surface area contributed by atoms with Crippen molar-refractivity contribution in [2.45, 2.75) is 13.5 Å². The number of aromatic nitrogens is 4. The lowest BCUT2D eigenvalue weighted by Crippen LogP contribution is -2.48. The fraction of sp³-hybridized carbons (Fsp3) is 0.412. The standard InChI is InChI=1S/C17H20N6O2S/c1-12-13(10-18-21(12)2)17(24)23-7-5-22(6-8-23)11-15-19-16(25-20-15)14-4-3-9-26-14/h3-4,9-10H,5-8,11H2,1-2H3. The van der Waals surface area contributed by atoms with Gasteiger partial charge < -0.3 is 9.42 Å². The van der Waals surface area contributed by atoms with Gasteiger partial charge in [0.25, 0.3) is 11.8 Å². The van der Waals surface area contributed by atoms with Crippen LogP contribution >= 0.6 is 11.3 Å². The first-order valence-corrected chi connectivity index (χ1v) is 9.36. The molecular weight excluding hydrogens is 352 g/mol. The second kappa shape index (κ2) is 7.00. The highest BCUT2D eigenvalue weighted by atomic mass is 32.1. The van der Waals surface area contributed by atoms with Crippen LogP contribution in [-0.2, 0) is 13.6 Å². The van der Waals surface area contributed by atoms with Gasteiger partial charge in [-0.05, 0) is 18.4 Å². The van der Waals surface area contributed by atoms with E-state index in [0.29, 0.717) is 36.9 Å². The van der Waals surface area contributed by atoms with Gasteiger partial charge in [0.1, 0.15) is 0 Å². The van der Waals surface area contributed by atoms with Crippen molar-refractivity contribution in [2.75, 3.05) is 26.2 Å². The minimum atomic E-state index is 0.0507. The largest absolute Gasteiger partial charge is 0.336 e. The van der Waals surface area contributed by atoms with Gasteiger partial charge in [-0.3, -0.25) is 14.4 Å². The normalized spacial score (nSPS) is 15.5. The fourth-order valence-corrected chi connectivity index (χ4v) is 3.65. The van der Waals surface area contributed by atoms with Crippen LogP contribution in [0.5, 0.6) is 0 Å². The SMILES string of the molecule is Cc1c(C(=O)N2CCN(Cc3noc(-c4cccs4)n3)CC2)cnn1C. The second-order valence-corrected chi connectivity index (χ2v) is 7.28. The minimum absolute atomic E-state index is 0.0507. The number of aryl methyl sites for hydroxylation is 1. The maximum Gasteiger partial charge on any atom is 0.268 e. The molecule has 4 rings (SSSR count). The maximum absolute atomic E-state index is 12.6. The van der Waals surface area contributed by atoms with E-state index in [1.54, 1.807) is 22.2 Å². The molecule has 0 N–H and O–H groups in total. The molecule has 136 valence electrons. The van der Waals surface area contributed by atoms with E-state index >= 15 is 0 Å². The van der Waals surface area contributed by atoms with Crippen molar-refractivity contribution in [1.29, 1.82) is 0 Å². The van der Waals surface area contributed by atoms with Crippen molar-refractivity contribution in [3.05, 3.63) is 40.8 Å². The number of thiophene rings is 1. The Kier molecular flexibility index (Phi) is 4.56. The number of hydrogen-bond donors (Lipinski definition) is 0. The molecule has 8 nitrogen and oxygen atoms in total. The molecule has 0 bridgehead atoms. The van der Waals surface area contributed by atoms with Crippen LogP contribution in [0, 0.1) is 6.92 Å². The third-order valence-electron chi connectivity index (χ3n) is 4.69. The number of amides is 1. The zero-order chi connectivity index (χ0) is 18.1. The van der Waals surface area contributed by atoms with Crippen molar-refractivity contribution >= 4 is 17.2 Å². The molecule has 1 aliphatic rings. The van der Waals surface area contributed by atoms with Gasteiger partial charge in [0.05, 0.1) is 23.2 Å². The van der Waals surface area contributed by atoms with Gasteiger partial charge in [-0.1, -0.05) is 11.2 Å². The molecule has 1 amide bonds. The summed E-state index contributed by atoms with van der Waals surface area (Å²) in [5, 5.41) is 10.2. The quantitative estimate of drug-likeness (QED) is 0.695. The summed E-state index contributed by atoms with van der Waals surface area (Å²) in [7, 11) is 1.85. The lowest BCUT2D eigenvalue weighted by atomic mass is 10.2. The van der Waals surface area contributed by atoms with Crippen LogP contribution in [0.3, 0.4) is 0 Å². The van der Waals surface area contributed by atoms with Crippen LogP contribution in [0.15, 0.2) is 28.2 Å². The molecule has 0 spiro atoms. The summed E-state index contributed by atoms with van der Waals surface area (Å²) in [5.74, 6) is 1.29. The summed E-state index contributed by atoms with van der Waals surface area (Å²) in [4.78, 5) is 22.2. The maximum atomic E-state index is 12.6. The van der Waals surface area contributed by atoms with Gasteiger partial charge in [0.2, 0.25) is 0 Å². The molecule has 0 unspecified atom stereocenters. The van der Waals surface area contributed by atoms with Crippen LogP contribution < -0.4 is 0 Å². The van der Waals surface area contributed by atoms with Gasteiger partial charge in [-0.25, -0.2) is 0 Å². The van der Waals surface area contributed by atoms with Gasteiger partial charge >= 0.3 is 0 Å². The van der Waals surface area contributed by atoms with Crippen molar-refractivity contribution in [3.8, 4) is 10.8 Å². The average Bonchev–Trinajstić information content (AvgIpc) is 3.38. The molecule has 3 aromatic heterocycles. The Bertz CT molecular complexity index is 892. The Morgan fingerprint density at radius 3 is 2.77 bits per heavy atom. The van der Waals surface area contributed by atoms with Gasteiger partial charge in [0.15, 0.2) is 5.82 Å². The van der Waals surface area contributed by atoms with Crippen molar-refractivity contribution in [3.63, 3.8) is 0 Å². The molecule has 0 aromatic carbocycles. The summed E-state index contributed by atoms with van der Waals surface area (Å²) in [6.07, 6.45) is 1.65. The number of piperazine rings is 1. The number of carbonyl (C=O) groups excluding carboxylic acids is 1. The third kappa shape index (κ3) is 3.27. The average molecular weight is 372 g/mol. The monoisotopic (exact) mass is 372 g/mol. The van der Waals surface area contributed by atoms with E-state index in [2.05, 4.69) is 20.1 Å². The van der Waals surface area contributed by atoms with Gasteiger partial charge in [0, 0.05) is 38.9 Å². The number of rotatable bonds is 4. The first-order valence-electron chi connectivity index (χ1n) is 8.48. The topological polar surface area (TPSA) is 80.3 Å². The first-order chi connectivity index (χ1) is 12.6. The molecule has 1 fully saturated rings. The predicted molar refractivity (Wildman–Crippen MR) is 96.7 cm³/mol. The van der Waals surface area contributed by atoms with Crippen LogP contribution in [0.25, 0.3) is 10.8 Å². The second-order valence-electron chi connectivity index (χ2n) is 6.33. The van der Waals surface area contributed by atoms with E-state index in [1.165, 1.54) is 0 Å². The van der Waals surface area contributed by atoms with Gasteiger partial charge in [-0.15, -0.1) is 11.3 Å². The van der Waals surface area contributed by atoms with E-state index in [-0.39, 0.29) is 5.91 Å². The van der Waals surface area contributed by atoms with Crippen molar-refractivity contribution in [2.24, 2.45) is 7.05 Å². The van der Waals surface area contributed by atoms with Crippen LogP contribution in [0.1, 0.15) is 21.9 Å². The Labute approximate surface area is 155 Å². The van der Waals surface area contributed by atoms with Crippen molar-refractivity contribution < 1.29 is 9.32 Å². The molecular formula is C17H20N6O2S. The van der Waals surface area contributed by atoms with Gasteiger partial charge in [-0.2, -0.15) is 10.1 Å². The van der Waals surface area contributed by atoms with Crippen LogP contribution in [0.4, 0.5) is 0 Å². The van der Waals surface area contributed by atoms with E-state index < -0.39 is 0 Å². The smallest absolute Gasteiger partial charge is 0.268 e. The minimum Gasteiger partial charge on any atom is -0.336 e. The third-order valence-corrected chi connectivity index (χ3v) is 5.55. The summed E-state index contributed by atoms with van der Waals surface area (Å²) in [6.45, 7) is 5.48. The predicted octanol–water partition coefficient (Wildman–Crippen LogP) is 1.80. The summed E-state index contributed by atoms with van der Waals surface area (Å²) >= 11 is 1.58.